The van der Waals surface area contributed by atoms with Crippen molar-refractivity contribution in [3.63, 3.8) is 0 Å². The first-order valence-corrected chi connectivity index (χ1v) is 10.2. The maximum absolute atomic E-state index is 12.7. The molecule has 4 aromatic rings. The van der Waals surface area contributed by atoms with Gasteiger partial charge in [0.05, 0.1) is 28.7 Å². The molecule has 6 nitrogen and oxygen atoms in total. The molecule has 0 saturated heterocycles. The molecule has 156 valence electrons. The highest BCUT2D eigenvalue weighted by atomic mass is 35.5. The monoisotopic (exact) mass is 433 g/mol. The van der Waals surface area contributed by atoms with Gasteiger partial charge in [-0.15, -0.1) is 0 Å². The lowest BCUT2D eigenvalue weighted by Gasteiger charge is -2.19. The molecule has 1 unspecified atom stereocenters. The summed E-state index contributed by atoms with van der Waals surface area (Å²) in [5, 5.41) is 3.25. The van der Waals surface area contributed by atoms with E-state index >= 15 is 0 Å². The van der Waals surface area contributed by atoms with Crippen molar-refractivity contribution in [3.05, 3.63) is 107 Å². The van der Waals surface area contributed by atoms with Gasteiger partial charge < -0.3 is 14.5 Å². The SMILES string of the molecule is O=C(CC(NC(=O)c1ccccc1Cl)c1ccccc1)OCc1cn2ccccc2n1. The van der Waals surface area contributed by atoms with E-state index in [4.69, 9.17) is 16.3 Å². The van der Waals surface area contributed by atoms with Crippen molar-refractivity contribution in [2.45, 2.75) is 19.1 Å². The number of rotatable bonds is 7. The van der Waals surface area contributed by atoms with Gasteiger partial charge in [-0.25, -0.2) is 4.98 Å². The quantitative estimate of drug-likeness (QED) is 0.432. The number of aromatic nitrogens is 2. The number of carbonyl (C=O) groups is 2. The second kappa shape index (κ2) is 9.45. The van der Waals surface area contributed by atoms with Crippen molar-refractivity contribution in [2.75, 3.05) is 0 Å². The number of halogens is 1. The fourth-order valence-corrected chi connectivity index (χ4v) is 3.48. The highest BCUT2D eigenvalue weighted by Crippen LogP contribution is 2.21. The Labute approximate surface area is 184 Å². The zero-order valence-corrected chi connectivity index (χ0v) is 17.3. The predicted octanol–water partition coefficient (Wildman–Crippen LogP) is 4.59. The van der Waals surface area contributed by atoms with Gasteiger partial charge in [0.25, 0.3) is 5.91 Å². The minimum Gasteiger partial charge on any atom is -0.459 e. The molecule has 31 heavy (non-hydrogen) atoms. The predicted molar refractivity (Wildman–Crippen MR) is 118 cm³/mol. The summed E-state index contributed by atoms with van der Waals surface area (Å²) in [6.07, 6.45) is 3.67. The van der Waals surface area contributed by atoms with E-state index in [-0.39, 0.29) is 18.9 Å². The minimum atomic E-state index is -0.557. The Morgan fingerprint density at radius 2 is 1.74 bits per heavy atom. The van der Waals surface area contributed by atoms with Crippen molar-refractivity contribution < 1.29 is 14.3 Å². The molecule has 0 saturated carbocycles. The number of hydrogen-bond donors (Lipinski definition) is 1. The van der Waals surface area contributed by atoms with Crippen LogP contribution in [0.4, 0.5) is 0 Å². The minimum absolute atomic E-state index is 0.0203. The molecule has 1 atom stereocenters. The highest BCUT2D eigenvalue weighted by Gasteiger charge is 2.21. The standard InChI is InChI=1S/C24H20ClN3O3/c25-20-11-5-4-10-19(20)24(30)27-21(17-8-2-1-3-9-17)14-23(29)31-16-18-15-28-13-7-6-12-22(28)26-18/h1-13,15,21H,14,16H2,(H,27,30). The lowest BCUT2D eigenvalue weighted by molar-refractivity contribution is -0.145. The van der Waals surface area contributed by atoms with E-state index in [1.807, 2.05) is 65.3 Å². The van der Waals surface area contributed by atoms with E-state index in [1.165, 1.54) is 0 Å². The van der Waals surface area contributed by atoms with Gasteiger partial charge in [-0.05, 0) is 29.8 Å². The first-order chi connectivity index (χ1) is 15.1. The Hall–Kier alpha value is -3.64. The van der Waals surface area contributed by atoms with Gasteiger partial charge in [-0.2, -0.15) is 0 Å². The van der Waals surface area contributed by atoms with Crippen LogP contribution in [0.3, 0.4) is 0 Å². The summed E-state index contributed by atoms with van der Waals surface area (Å²) in [6.45, 7) is 0.0560. The van der Waals surface area contributed by atoms with E-state index in [2.05, 4.69) is 10.3 Å². The van der Waals surface area contributed by atoms with Crippen molar-refractivity contribution in [3.8, 4) is 0 Å². The summed E-state index contributed by atoms with van der Waals surface area (Å²) in [5.74, 6) is -0.794. The number of imidazole rings is 1. The second-order valence-electron chi connectivity index (χ2n) is 6.98. The van der Waals surface area contributed by atoms with Crippen LogP contribution in [-0.2, 0) is 16.1 Å². The second-order valence-corrected chi connectivity index (χ2v) is 7.39. The largest absolute Gasteiger partial charge is 0.459 e. The van der Waals surface area contributed by atoms with E-state index in [0.29, 0.717) is 16.3 Å². The van der Waals surface area contributed by atoms with Crippen LogP contribution < -0.4 is 5.32 Å². The van der Waals surface area contributed by atoms with Gasteiger partial charge in [-0.1, -0.05) is 60.1 Å². The third kappa shape index (κ3) is 5.10. The zero-order chi connectivity index (χ0) is 21.6. The van der Waals surface area contributed by atoms with Crippen LogP contribution in [0.1, 0.15) is 34.1 Å². The van der Waals surface area contributed by atoms with E-state index in [0.717, 1.165) is 11.2 Å². The number of nitrogens with one attached hydrogen (secondary N) is 1. The molecule has 0 spiro atoms. The molecule has 4 rings (SSSR count). The van der Waals surface area contributed by atoms with Gasteiger partial charge in [0.15, 0.2) is 0 Å². The van der Waals surface area contributed by atoms with Crippen LogP contribution in [0.5, 0.6) is 0 Å². The molecule has 0 aliphatic heterocycles. The molecular weight excluding hydrogens is 414 g/mol. The van der Waals surface area contributed by atoms with Crippen LogP contribution in [-0.4, -0.2) is 21.3 Å². The van der Waals surface area contributed by atoms with Gasteiger partial charge >= 0.3 is 5.97 Å². The molecule has 0 fully saturated rings. The van der Waals surface area contributed by atoms with Crippen LogP contribution in [0.2, 0.25) is 5.02 Å². The van der Waals surface area contributed by atoms with Crippen LogP contribution in [0.15, 0.2) is 85.2 Å². The Balaban J connectivity index is 1.44. The molecule has 2 heterocycles. The third-order valence-electron chi connectivity index (χ3n) is 4.79. The number of amides is 1. The Morgan fingerprint density at radius 1 is 1.00 bits per heavy atom. The van der Waals surface area contributed by atoms with Crippen molar-refractivity contribution >= 4 is 29.1 Å². The first kappa shape index (κ1) is 20.6. The molecular formula is C24H20ClN3O3. The first-order valence-electron chi connectivity index (χ1n) is 9.79. The van der Waals surface area contributed by atoms with E-state index in [9.17, 15) is 9.59 Å². The topological polar surface area (TPSA) is 72.7 Å². The molecule has 0 aliphatic carbocycles. The average Bonchev–Trinajstić information content (AvgIpc) is 3.21. The van der Waals surface area contributed by atoms with Crippen LogP contribution in [0.25, 0.3) is 5.65 Å². The van der Waals surface area contributed by atoms with E-state index < -0.39 is 12.0 Å². The highest BCUT2D eigenvalue weighted by molar-refractivity contribution is 6.33. The third-order valence-corrected chi connectivity index (χ3v) is 5.12. The maximum Gasteiger partial charge on any atom is 0.308 e. The normalized spacial score (nSPS) is 11.8. The maximum atomic E-state index is 12.7. The van der Waals surface area contributed by atoms with Gasteiger partial charge in [0.2, 0.25) is 0 Å². The number of carbonyl (C=O) groups excluding carboxylic acids is 2. The summed E-state index contributed by atoms with van der Waals surface area (Å²) in [7, 11) is 0. The number of nitrogens with zero attached hydrogens (tertiary/aromatic N) is 2. The summed E-state index contributed by atoms with van der Waals surface area (Å²) in [6, 6.07) is 21.2. The fourth-order valence-electron chi connectivity index (χ4n) is 3.26. The van der Waals surface area contributed by atoms with Crippen LogP contribution in [0, 0.1) is 0 Å². The van der Waals surface area contributed by atoms with Crippen LogP contribution >= 0.6 is 11.6 Å². The summed E-state index contributed by atoms with van der Waals surface area (Å²) in [5.41, 5.74) is 2.58. The Morgan fingerprint density at radius 3 is 2.52 bits per heavy atom. The number of hydrogen-bond acceptors (Lipinski definition) is 4. The van der Waals surface area contributed by atoms with E-state index in [1.54, 1.807) is 24.3 Å². The molecule has 0 bridgehead atoms. The molecule has 0 radical (unpaired) electrons. The molecule has 1 N–H and O–H groups in total. The lowest BCUT2D eigenvalue weighted by atomic mass is 10.0. The summed E-state index contributed by atoms with van der Waals surface area (Å²) in [4.78, 5) is 29.7. The Kier molecular flexibility index (Phi) is 6.29. The average molecular weight is 434 g/mol. The number of ether oxygens (including phenoxy) is 1. The van der Waals surface area contributed by atoms with Gasteiger partial charge in [0.1, 0.15) is 12.3 Å². The molecule has 7 heteroatoms. The smallest absolute Gasteiger partial charge is 0.308 e. The molecule has 0 aliphatic rings. The Bertz CT molecular complexity index is 1170. The van der Waals surface area contributed by atoms with Gasteiger partial charge in [0, 0.05) is 12.4 Å². The molecule has 2 aromatic carbocycles. The van der Waals surface area contributed by atoms with Gasteiger partial charge in [-0.3, -0.25) is 9.59 Å². The number of pyridine rings is 1. The fraction of sp³-hybridized carbons (Fsp3) is 0.125. The van der Waals surface area contributed by atoms with Crippen molar-refractivity contribution in [2.24, 2.45) is 0 Å². The number of fused-ring (bicyclic) bond motifs is 1. The number of esters is 1. The molecule has 1 amide bonds. The van der Waals surface area contributed by atoms with Crippen molar-refractivity contribution in [1.29, 1.82) is 0 Å². The van der Waals surface area contributed by atoms with Crippen molar-refractivity contribution in [1.82, 2.24) is 14.7 Å². The lowest BCUT2D eigenvalue weighted by Crippen LogP contribution is -2.30. The number of benzene rings is 2. The summed E-state index contributed by atoms with van der Waals surface area (Å²) >= 11 is 6.14. The zero-order valence-electron chi connectivity index (χ0n) is 16.6. The summed E-state index contributed by atoms with van der Waals surface area (Å²) < 4.78 is 7.29. The molecule has 2 aromatic heterocycles.